The van der Waals surface area contributed by atoms with E-state index in [0.29, 0.717) is 11.5 Å². The van der Waals surface area contributed by atoms with Crippen LogP contribution in [-0.2, 0) is 9.53 Å². The highest BCUT2D eigenvalue weighted by Gasteiger charge is 2.16. The largest absolute Gasteiger partial charge is 0.469 e. The van der Waals surface area contributed by atoms with E-state index in [9.17, 15) is 9.90 Å². The normalized spacial score (nSPS) is 12.5. The Kier molecular flexibility index (Phi) is 3.02. The first-order chi connectivity index (χ1) is 6.13. The van der Waals surface area contributed by atoms with Crippen LogP contribution in [0.4, 0.5) is 0 Å². The lowest BCUT2D eigenvalue weighted by Gasteiger charge is -2.03. The van der Waals surface area contributed by atoms with Gasteiger partial charge in [0.05, 0.1) is 13.5 Å². The topological polar surface area (TPSA) is 72.6 Å². The molecule has 5 heteroatoms. The molecule has 0 amide bonds. The Labute approximate surface area is 75.3 Å². The van der Waals surface area contributed by atoms with Crippen LogP contribution in [0.2, 0.25) is 0 Å². The number of nitrogens with zero attached hydrogens (tertiary/aromatic N) is 1. The fourth-order valence-electron chi connectivity index (χ4n) is 0.888. The quantitative estimate of drug-likeness (QED) is 0.697. The maximum absolute atomic E-state index is 10.8. The lowest BCUT2D eigenvalue weighted by Crippen LogP contribution is -2.08. The van der Waals surface area contributed by atoms with Crippen molar-refractivity contribution in [3.05, 3.63) is 17.5 Å². The second-order valence-corrected chi connectivity index (χ2v) is 2.66. The van der Waals surface area contributed by atoms with E-state index >= 15 is 0 Å². The third kappa shape index (κ3) is 2.55. The fraction of sp³-hybridized carbons (Fsp3) is 0.500. The lowest BCUT2D eigenvalue weighted by molar-refractivity contribution is -0.143. The van der Waals surface area contributed by atoms with E-state index < -0.39 is 12.1 Å². The molecule has 5 nitrogen and oxygen atoms in total. The van der Waals surface area contributed by atoms with Crippen molar-refractivity contribution in [2.75, 3.05) is 7.11 Å². The summed E-state index contributed by atoms with van der Waals surface area (Å²) >= 11 is 0. The number of methoxy groups -OCH3 is 1. The Hall–Kier alpha value is -1.36. The first-order valence-electron chi connectivity index (χ1n) is 3.81. The smallest absolute Gasteiger partial charge is 0.308 e. The molecule has 0 aromatic carbocycles. The number of hydrogen-bond donors (Lipinski definition) is 1. The van der Waals surface area contributed by atoms with Gasteiger partial charge in [0.1, 0.15) is 17.6 Å². The van der Waals surface area contributed by atoms with Crippen molar-refractivity contribution in [3.63, 3.8) is 0 Å². The van der Waals surface area contributed by atoms with E-state index in [4.69, 9.17) is 4.52 Å². The van der Waals surface area contributed by atoms with Crippen LogP contribution in [0, 0.1) is 6.92 Å². The van der Waals surface area contributed by atoms with Gasteiger partial charge in [0.15, 0.2) is 0 Å². The fourth-order valence-corrected chi connectivity index (χ4v) is 0.888. The summed E-state index contributed by atoms with van der Waals surface area (Å²) in [6.45, 7) is 1.71. The molecule has 0 aliphatic rings. The van der Waals surface area contributed by atoms with Crippen LogP contribution in [0.3, 0.4) is 0 Å². The number of esters is 1. The average Bonchev–Trinajstić information content (AvgIpc) is 2.51. The van der Waals surface area contributed by atoms with Crippen LogP contribution >= 0.6 is 0 Å². The molecular formula is C8H11NO4. The Morgan fingerprint density at radius 3 is 3.00 bits per heavy atom. The summed E-state index contributed by atoms with van der Waals surface area (Å²) in [5, 5.41) is 13.0. The Balaban J connectivity index is 2.58. The molecule has 0 aliphatic carbocycles. The molecule has 1 rings (SSSR count). The summed E-state index contributed by atoms with van der Waals surface area (Å²) in [4.78, 5) is 10.8. The molecule has 0 unspecified atom stereocenters. The monoisotopic (exact) mass is 185 g/mol. The number of ether oxygens (including phenoxy) is 1. The zero-order valence-electron chi connectivity index (χ0n) is 7.48. The van der Waals surface area contributed by atoms with Crippen molar-refractivity contribution >= 4 is 5.97 Å². The molecule has 13 heavy (non-hydrogen) atoms. The van der Waals surface area contributed by atoms with Crippen molar-refractivity contribution < 1.29 is 19.2 Å². The molecule has 0 radical (unpaired) electrons. The zero-order chi connectivity index (χ0) is 9.84. The number of carbonyl (C=O) groups is 1. The summed E-state index contributed by atoms with van der Waals surface area (Å²) in [5.41, 5.74) is 0.350. The molecule has 0 saturated heterocycles. The molecule has 1 atom stereocenters. The lowest BCUT2D eigenvalue weighted by atomic mass is 10.2. The van der Waals surface area contributed by atoms with Crippen molar-refractivity contribution in [1.82, 2.24) is 5.16 Å². The molecule has 1 aromatic heterocycles. The SMILES string of the molecule is COC(=O)C[C@@H](O)c1cc(C)on1. The number of rotatable bonds is 3. The second kappa shape index (κ2) is 4.04. The van der Waals surface area contributed by atoms with Crippen molar-refractivity contribution in [2.24, 2.45) is 0 Å². The van der Waals surface area contributed by atoms with Gasteiger partial charge in [-0.1, -0.05) is 5.16 Å². The Morgan fingerprint density at radius 2 is 2.54 bits per heavy atom. The van der Waals surface area contributed by atoms with Crippen LogP contribution < -0.4 is 0 Å². The van der Waals surface area contributed by atoms with Crippen LogP contribution in [0.25, 0.3) is 0 Å². The summed E-state index contributed by atoms with van der Waals surface area (Å²) in [7, 11) is 1.27. The Morgan fingerprint density at radius 1 is 1.85 bits per heavy atom. The third-order valence-corrected chi connectivity index (χ3v) is 1.58. The average molecular weight is 185 g/mol. The summed E-state index contributed by atoms with van der Waals surface area (Å²) < 4.78 is 9.13. The minimum atomic E-state index is -0.954. The van der Waals surface area contributed by atoms with E-state index in [-0.39, 0.29) is 6.42 Å². The van der Waals surface area contributed by atoms with Crippen molar-refractivity contribution in [2.45, 2.75) is 19.4 Å². The van der Waals surface area contributed by atoms with Crippen LogP contribution in [0.5, 0.6) is 0 Å². The van der Waals surface area contributed by atoms with Crippen LogP contribution in [0.15, 0.2) is 10.6 Å². The molecule has 72 valence electrons. The van der Waals surface area contributed by atoms with Gasteiger partial charge in [0.2, 0.25) is 0 Å². The van der Waals surface area contributed by atoms with Crippen molar-refractivity contribution in [1.29, 1.82) is 0 Å². The Bertz CT molecular complexity index is 294. The maximum atomic E-state index is 10.8. The zero-order valence-corrected chi connectivity index (χ0v) is 7.48. The van der Waals surface area contributed by atoms with E-state index in [1.54, 1.807) is 13.0 Å². The van der Waals surface area contributed by atoms with Gasteiger partial charge in [-0.3, -0.25) is 4.79 Å². The first kappa shape index (κ1) is 9.73. The predicted molar refractivity (Wildman–Crippen MR) is 42.8 cm³/mol. The third-order valence-electron chi connectivity index (χ3n) is 1.58. The molecule has 0 spiro atoms. The summed E-state index contributed by atoms with van der Waals surface area (Å²) in [6.07, 6.45) is -1.06. The number of aryl methyl sites for hydroxylation is 1. The van der Waals surface area contributed by atoms with Gasteiger partial charge in [-0.05, 0) is 6.92 Å². The molecular weight excluding hydrogens is 174 g/mol. The van der Waals surface area contributed by atoms with Crippen LogP contribution in [0.1, 0.15) is 24.0 Å². The molecule has 1 heterocycles. The van der Waals surface area contributed by atoms with E-state index in [2.05, 4.69) is 9.89 Å². The molecule has 1 aromatic rings. The number of hydrogen-bond acceptors (Lipinski definition) is 5. The van der Waals surface area contributed by atoms with Gasteiger partial charge in [-0.15, -0.1) is 0 Å². The van der Waals surface area contributed by atoms with Gasteiger partial charge in [0, 0.05) is 6.07 Å². The van der Waals surface area contributed by atoms with E-state index in [0.717, 1.165) is 0 Å². The maximum Gasteiger partial charge on any atom is 0.308 e. The van der Waals surface area contributed by atoms with Crippen molar-refractivity contribution in [3.8, 4) is 0 Å². The molecule has 1 N–H and O–H groups in total. The van der Waals surface area contributed by atoms with Gasteiger partial charge in [0.25, 0.3) is 0 Å². The minimum absolute atomic E-state index is 0.109. The first-order valence-corrected chi connectivity index (χ1v) is 3.81. The van der Waals surface area contributed by atoms with Gasteiger partial charge in [-0.25, -0.2) is 0 Å². The molecule has 0 bridgehead atoms. The van der Waals surface area contributed by atoms with Crippen LogP contribution in [-0.4, -0.2) is 23.3 Å². The predicted octanol–water partition coefficient (Wildman–Crippen LogP) is 0.580. The summed E-state index contributed by atoms with van der Waals surface area (Å²) in [6, 6.07) is 1.58. The highest BCUT2D eigenvalue weighted by Crippen LogP contribution is 2.16. The highest BCUT2D eigenvalue weighted by molar-refractivity contribution is 5.69. The number of aliphatic hydroxyl groups excluding tert-OH is 1. The molecule has 0 saturated carbocycles. The number of aromatic nitrogens is 1. The second-order valence-electron chi connectivity index (χ2n) is 2.66. The van der Waals surface area contributed by atoms with E-state index in [1.807, 2.05) is 0 Å². The minimum Gasteiger partial charge on any atom is -0.469 e. The number of carbonyl (C=O) groups excluding carboxylic acids is 1. The highest BCUT2D eigenvalue weighted by atomic mass is 16.5. The van der Waals surface area contributed by atoms with Gasteiger partial charge in [-0.2, -0.15) is 0 Å². The standard InChI is InChI=1S/C8H11NO4/c1-5-3-6(9-13-5)7(10)4-8(11)12-2/h3,7,10H,4H2,1-2H3/t7-/m1/s1. The summed E-state index contributed by atoms with van der Waals surface area (Å²) in [5.74, 6) is 0.118. The van der Waals surface area contributed by atoms with Gasteiger partial charge >= 0.3 is 5.97 Å². The molecule has 0 fully saturated rings. The van der Waals surface area contributed by atoms with Gasteiger partial charge < -0.3 is 14.4 Å². The number of aliphatic hydroxyl groups is 1. The molecule has 0 aliphatic heterocycles. The van der Waals surface area contributed by atoms with E-state index in [1.165, 1.54) is 7.11 Å².